The summed E-state index contributed by atoms with van der Waals surface area (Å²) in [6.45, 7) is 0.597. The second-order valence-corrected chi connectivity index (χ2v) is 4.98. The molecule has 0 spiro atoms. The Kier molecular flexibility index (Phi) is 3.69. The number of benzene rings is 2. The van der Waals surface area contributed by atoms with Gasteiger partial charge in [0.05, 0.1) is 0 Å². The van der Waals surface area contributed by atoms with Crippen molar-refractivity contribution < 1.29 is 4.39 Å². The topological polar surface area (TPSA) is 43.8 Å². The fourth-order valence-corrected chi connectivity index (χ4v) is 2.35. The third kappa shape index (κ3) is 3.11. The summed E-state index contributed by atoms with van der Waals surface area (Å²) in [4.78, 5) is 4.38. The van der Waals surface area contributed by atoms with E-state index in [1.54, 1.807) is 18.3 Å². The van der Waals surface area contributed by atoms with Crippen LogP contribution in [0.15, 0.2) is 60.9 Å². The summed E-state index contributed by atoms with van der Waals surface area (Å²) >= 11 is 0. The molecule has 1 heterocycles. The van der Waals surface area contributed by atoms with Gasteiger partial charge in [-0.1, -0.05) is 30.3 Å². The Labute approximate surface area is 122 Å². The van der Waals surface area contributed by atoms with Gasteiger partial charge in [0.1, 0.15) is 11.6 Å². The summed E-state index contributed by atoms with van der Waals surface area (Å²) < 4.78 is 15.3. The van der Waals surface area contributed by atoms with E-state index in [2.05, 4.69) is 4.98 Å². The van der Waals surface area contributed by atoms with Crippen molar-refractivity contribution in [2.75, 3.05) is 5.73 Å². The van der Waals surface area contributed by atoms with Gasteiger partial charge < -0.3 is 10.3 Å². The number of para-hydroxylation sites is 1. The number of nitrogens with zero attached hydrogens (tertiary/aromatic N) is 2. The molecule has 0 aliphatic heterocycles. The third-order valence-electron chi connectivity index (χ3n) is 3.45. The number of aromatic nitrogens is 2. The van der Waals surface area contributed by atoms with Gasteiger partial charge in [0.25, 0.3) is 0 Å². The summed E-state index contributed by atoms with van der Waals surface area (Å²) in [7, 11) is 0. The van der Waals surface area contributed by atoms with Crippen molar-refractivity contribution in [1.29, 1.82) is 0 Å². The van der Waals surface area contributed by atoms with E-state index >= 15 is 0 Å². The molecule has 3 aromatic rings. The van der Waals surface area contributed by atoms with Crippen LogP contribution in [0.3, 0.4) is 0 Å². The molecule has 3 nitrogen and oxygen atoms in total. The average molecular weight is 281 g/mol. The first-order chi connectivity index (χ1) is 10.2. The molecular weight excluding hydrogens is 265 g/mol. The Morgan fingerprint density at radius 2 is 1.95 bits per heavy atom. The van der Waals surface area contributed by atoms with Crippen molar-refractivity contribution in [2.24, 2.45) is 0 Å². The maximum absolute atomic E-state index is 13.3. The van der Waals surface area contributed by atoms with Crippen LogP contribution in [-0.4, -0.2) is 9.55 Å². The first-order valence-electron chi connectivity index (χ1n) is 6.80. The van der Waals surface area contributed by atoms with Crippen molar-refractivity contribution in [3.63, 3.8) is 0 Å². The molecule has 0 saturated heterocycles. The number of hydrogen-bond acceptors (Lipinski definition) is 2. The first-order valence-corrected chi connectivity index (χ1v) is 6.80. The largest absolute Gasteiger partial charge is 0.398 e. The van der Waals surface area contributed by atoms with E-state index in [1.807, 2.05) is 41.1 Å². The third-order valence-corrected chi connectivity index (χ3v) is 3.45. The molecule has 0 bridgehead atoms. The highest BCUT2D eigenvalue weighted by Gasteiger charge is 2.07. The predicted octanol–water partition coefficient (Wildman–Crippen LogP) is 3.24. The average Bonchev–Trinajstić information content (AvgIpc) is 2.89. The summed E-state index contributed by atoms with van der Waals surface area (Å²) in [5.41, 5.74) is 8.69. The molecule has 0 radical (unpaired) electrons. The highest BCUT2D eigenvalue weighted by atomic mass is 19.1. The van der Waals surface area contributed by atoms with E-state index in [9.17, 15) is 4.39 Å². The van der Waals surface area contributed by atoms with Crippen LogP contribution in [0.4, 0.5) is 10.1 Å². The van der Waals surface area contributed by atoms with Crippen LogP contribution in [-0.2, 0) is 13.0 Å². The van der Waals surface area contributed by atoms with Gasteiger partial charge in [-0.3, -0.25) is 0 Å². The Bertz CT molecular complexity index is 749. The Balaban J connectivity index is 1.83. The summed E-state index contributed by atoms with van der Waals surface area (Å²) in [5.74, 6) is 0.693. The quantitative estimate of drug-likeness (QED) is 0.746. The minimum atomic E-state index is -0.221. The van der Waals surface area contributed by atoms with E-state index in [1.165, 1.54) is 6.07 Å². The normalized spacial score (nSPS) is 10.7. The maximum Gasteiger partial charge on any atom is 0.123 e. The zero-order valence-electron chi connectivity index (χ0n) is 11.5. The van der Waals surface area contributed by atoms with Crippen LogP contribution >= 0.6 is 0 Å². The smallest absolute Gasteiger partial charge is 0.123 e. The molecule has 0 atom stereocenters. The Morgan fingerprint density at radius 3 is 2.76 bits per heavy atom. The molecule has 0 aliphatic rings. The van der Waals surface area contributed by atoms with Crippen molar-refractivity contribution in [2.45, 2.75) is 13.0 Å². The number of rotatable bonds is 4. The molecule has 0 unspecified atom stereocenters. The van der Waals surface area contributed by atoms with Gasteiger partial charge in [-0.25, -0.2) is 9.37 Å². The number of hydrogen-bond donors (Lipinski definition) is 1. The van der Waals surface area contributed by atoms with Crippen LogP contribution in [0.5, 0.6) is 0 Å². The zero-order valence-corrected chi connectivity index (χ0v) is 11.5. The minimum absolute atomic E-state index is 0.221. The summed E-state index contributed by atoms with van der Waals surface area (Å²) in [6.07, 6.45) is 4.32. The molecule has 21 heavy (non-hydrogen) atoms. The van der Waals surface area contributed by atoms with E-state index in [0.717, 1.165) is 22.6 Å². The predicted molar refractivity (Wildman–Crippen MR) is 81.4 cm³/mol. The highest BCUT2D eigenvalue weighted by molar-refractivity contribution is 5.47. The molecule has 1 aromatic heterocycles. The van der Waals surface area contributed by atoms with E-state index < -0.39 is 0 Å². The van der Waals surface area contributed by atoms with Gasteiger partial charge in [0, 0.05) is 31.0 Å². The van der Waals surface area contributed by atoms with E-state index in [-0.39, 0.29) is 5.82 Å². The van der Waals surface area contributed by atoms with Crippen LogP contribution in [0.25, 0.3) is 0 Å². The standard InChI is InChI=1S/C17H16FN3/c18-15-6-3-4-13(10-15)12-21-9-8-20-17(21)11-14-5-1-2-7-16(14)19/h1-10H,11-12,19H2. The van der Waals surface area contributed by atoms with Gasteiger partial charge in [0.2, 0.25) is 0 Å². The minimum Gasteiger partial charge on any atom is -0.398 e. The van der Waals surface area contributed by atoms with Crippen LogP contribution in [0.2, 0.25) is 0 Å². The molecule has 0 saturated carbocycles. The van der Waals surface area contributed by atoms with Gasteiger partial charge in [-0.05, 0) is 29.3 Å². The molecule has 0 fully saturated rings. The van der Waals surface area contributed by atoms with Crippen molar-refractivity contribution in [3.8, 4) is 0 Å². The molecule has 106 valence electrons. The number of anilines is 1. The number of imidazole rings is 1. The lowest BCUT2D eigenvalue weighted by molar-refractivity contribution is 0.622. The van der Waals surface area contributed by atoms with Crippen molar-refractivity contribution in [3.05, 3.63) is 83.7 Å². The number of nitrogens with two attached hydrogens (primary N) is 1. The highest BCUT2D eigenvalue weighted by Crippen LogP contribution is 2.16. The second-order valence-electron chi connectivity index (χ2n) is 4.98. The Morgan fingerprint density at radius 1 is 1.10 bits per heavy atom. The fraction of sp³-hybridized carbons (Fsp3) is 0.118. The molecular formula is C17H16FN3. The number of nitrogen functional groups attached to an aromatic ring is 1. The summed E-state index contributed by atoms with van der Waals surface area (Å²) in [6, 6.07) is 14.4. The van der Waals surface area contributed by atoms with Gasteiger partial charge in [0.15, 0.2) is 0 Å². The SMILES string of the molecule is Nc1ccccc1Cc1nccn1Cc1cccc(F)c1. The van der Waals surface area contributed by atoms with E-state index in [0.29, 0.717) is 13.0 Å². The molecule has 3 rings (SSSR count). The fourth-order valence-electron chi connectivity index (χ4n) is 2.35. The van der Waals surface area contributed by atoms with Crippen molar-refractivity contribution >= 4 is 5.69 Å². The lowest BCUT2D eigenvalue weighted by Crippen LogP contribution is -2.06. The molecule has 0 aliphatic carbocycles. The molecule has 4 heteroatoms. The Hall–Kier alpha value is -2.62. The maximum atomic E-state index is 13.3. The van der Waals surface area contributed by atoms with Crippen LogP contribution in [0, 0.1) is 5.82 Å². The van der Waals surface area contributed by atoms with Gasteiger partial charge >= 0.3 is 0 Å². The monoisotopic (exact) mass is 281 g/mol. The second kappa shape index (κ2) is 5.79. The zero-order chi connectivity index (χ0) is 14.7. The van der Waals surface area contributed by atoms with Gasteiger partial charge in [-0.2, -0.15) is 0 Å². The molecule has 2 N–H and O–H groups in total. The number of halogens is 1. The first kappa shape index (κ1) is 13.4. The van der Waals surface area contributed by atoms with E-state index in [4.69, 9.17) is 5.73 Å². The van der Waals surface area contributed by atoms with Crippen LogP contribution in [0.1, 0.15) is 17.0 Å². The lowest BCUT2D eigenvalue weighted by atomic mass is 10.1. The lowest BCUT2D eigenvalue weighted by Gasteiger charge is -2.09. The summed E-state index contributed by atoms with van der Waals surface area (Å²) in [5, 5.41) is 0. The van der Waals surface area contributed by atoms with Crippen molar-refractivity contribution in [1.82, 2.24) is 9.55 Å². The molecule has 0 amide bonds. The van der Waals surface area contributed by atoms with Crippen LogP contribution < -0.4 is 5.73 Å². The molecule has 2 aromatic carbocycles. The van der Waals surface area contributed by atoms with Gasteiger partial charge in [-0.15, -0.1) is 0 Å².